The lowest BCUT2D eigenvalue weighted by molar-refractivity contribution is -0.134. The van der Waals surface area contributed by atoms with Crippen LogP contribution in [0.4, 0.5) is 4.39 Å². The van der Waals surface area contributed by atoms with Gasteiger partial charge in [-0.05, 0) is 57.1 Å². The maximum Gasteiger partial charge on any atom is 0.228 e. The fourth-order valence-electron chi connectivity index (χ4n) is 4.25. The summed E-state index contributed by atoms with van der Waals surface area (Å²) in [5, 5.41) is 6.52. The molecule has 0 spiro atoms. The van der Waals surface area contributed by atoms with Crippen LogP contribution in [0.2, 0.25) is 0 Å². The number of carbonyl (C=O) groups is 1. The van der Waals surface area contributed by atoms with Crippen molar-refractivity contribution < 1.29 is 9.18 Å². The van der Waals surface area contributed by atoms with Crippen molar-refractivity contribution >= 4 is 5.91 Å². The second-order valence-corrected chi connectivity index (χ2v) is 7.58. The van der Waals surface area contributed by atoms with E-state index >= 15 is 0 Å². The van der Waals surface area contributed by atoms with Crippen LogP contribution >= 0.6 is 0 Å². The monoisotopic (exact) mass is 333 g/mol. The number of amides is 1. The second-order valence-electron chi connectivity index (χ2n) is 7.58. The Kier molecular flexibility index (Phi) is 5.21. The summed E-state index contributed by atoms with van der Waals surface area (Å²) in [5.74, 6) is 0.434. The SMILES string of the molecule is CN(C)Cc1cc(CNC(=O)[C@@]23CCCC[C@H]2CNC3)ccc1F. The van der Waals surface area contributed by atoms with Crippen LogP contribution in [0.1, 0.15) is 36.8 Å². The lowest BCUT2D eigenvalue weighted by Gasteiger charge is -2.37. The molecule has 1 saturated heterocycles. The predicted molar refractivity (Wildman–Crippen MR) is 92.9 cm³/mol. The molecule has 2 fully saturated rings. The van der Waals surface area contributed by atoms with E-state index in [0.717, 1.165) is 37.9 Å². The maximum absolute atomic E-state index is 13.9. The van der Waals surface area contributed by atoms with Gasteiger partial charge in [0.05, 0.1) is 5.41 Å². The first kappa shape index (κ1) is 17.4. The molecule has 0 radical (unpaired) electrons. The molecule has 1 amide bonds. The summed E-state index contributed by atoms with van der Waals surface area (Å²) in [6.45, 7) is 2.77. The van der Waals surface area contributed by atoms with Crippen LogP contribution in [-0.2, 0) is 17.9 Å². The highest BCUT2D eigenvalue weighted by Gasteiger charge is 2.49. The van der Waals surface area contributed by atoms with E-state index in [4.69, 9.17) is 0 Å². The van der Waals surface area contributed by atoms with Crippen LogP contribution in [0.5, 0.6) is 0 Å². The summed E-state index contributed by atoms with van der Waals surface area (Å²) in [6.07, 6.45) is 4.48. The van der Waals surface area contributed by atoms with Crippen LogP contribution in [-0.4, -0.2) is 38.0 Å². The van der Waals surface area contributed by atoms with E-state index in [9.17, 15) is 9.18 Å². The number of rotatable bonds is 5. The standard InChI is InChI=1S/C19H28FN3O/c1-23(2)12-15-9-14(6-7-17(15)20)10-22-18(24)19-8-4-3-5-16(19)11-21-13-19/h6-7,9,16,21H,3-5,8,10-13H2,1-2H3,(H,22,24)/t16-,19+/m0/s1. The highest BCUT2D eigenvalue weighted by molar-refractivity contribution is 5.83. The third kappa shape index (κ3) is 3.47. The Balaban J connectivity index is 1.66. The van der Waals surface area contributed by atoms with Crippen LogP contribution in [0.25, 0.3) is 0 Å². The van der Waals surface area contributed by atoms with Gasteiger partial charge in [-0.25, -0.2) is 4.39 Å². The topological polar surface area (TPSA) is 44.4 Å². The summed E-state index contributed by atoms with van der Waals surface area (Å²) in [7, 11) is 3.84. The highest BCUT2D eigenvalue weighted by atomic mass is 19.1. The summed E-state index contributed by atoms with van der Waals surface area (Å²) in [6, 6.07) is 5.12. The highest BCUT2D eigenvalue weighted by Crippen LogP contribution is 2.43. The van der Waals surface area contributed by atoms with Gasteiger partial charge in [0, 0.05) is 25.2 Å². The molecule has 1 aromatic carbocycles. The van der Waals surface area contributed by atoms with Gasteiger partial charge in [-0.1, -0.05) is 18.9 Å². The van der Waals surface area contributed by atoms with Gasteiger partial charge < -0.3 is 15.5 Å². The zero-order valence-electron chi connectivity index (χ0n) is 14.7. The van der Waals surface area contributed by atoms with Crippen molar-refractivity contribution in [2.24, 2.45) is 11.3 Å². The molecular formula is C19H28FN3O. The van der Waals surface area contributed by atoms with E-state index in [1.807, 2.05) is 25.1 Å². The van der Waals surface area contributed by atoms with Crippen molar-refractivity contribution in [3.8, 4) is 0 Å². The number of nitrogens with one attached hydrogen (secondary N) is 2. The molecule has 0 aromatic heterocycles. The molecule has 0 bridgehead atoms. The predicted octanol–water partition coefficient (Wildman–Crippen LogP) is 2.28. The number of fused-ring (bicyclic) bond motifs is 1. The normalized spacial score (nSPS) is 26.4. The van der Waals surface area contributed by atoms with E-state index in [-0.39, 0.29) is 17.1 Å². The van der Waals surface area contributed by atoms with Crippen molar-refractivity contribution in [3.05, 3.63) is 35.1 Å². The molecule has 1 aromatic rings. The summed E-state index contributed by atoms with van der Waals surface area (Å²) in [4.78, 5) is 14.8. The van der Waals surface area contributed by atoms with Gasteiger partial charge in [0.15, 0.2) is 0 Å². The average molecular weight is 333 g/mol. The molecular weight excluding hydrogens is 305 g/mol. The molecule has 5 heteroatoms. The van der Waals surface area contributed by atoms with Gasteiger partial charge >= 0.3 is 0 Å². The molecule has 24 heavy (non-hydrogen) atoms. The minimum absolute atomic E-state index is 0.163. The van der Waals surface area contributed by atoms with E-state index in [1.165, 1.54) is 12.5 Å². The summed E-state index contributed by atoms with van der Waals surface area (Å²) in [5.41, 5.74) is 1.39. The number of hydrogen-bond acceptors (Lipinski definition) is 3. The zero-order chi connectivity index (χ0) is 17.2. The Morgan fingerprint density at radius 2 is 2.25 bits per heavy atom. The second kappa shape index (κ2) is 7.19. The number of hydrogen-bond donors (Lipinski definition) is 2. The molecule has 0 unspecified atom stereocenters. The average Bonchev–Trinajstić information content (AvgIpc) is 3.00. The van der Waals surface area contributed by atoms with Crippen LogP contribution < -0.4 is 10.6 Å². The summed E-state index contributed by atoms with van der Waals surface area (Å²) >= 11 is 0. The molecule has 3 rings (SSSR count). The first-order chi connectivity index (χ1) is 11.5. The van der Waals surface area contributed by atoms with Gasteiger partial charge in [-0.2, -0.15) is 0 Å². The number of benzene rings is 1. The molecule has 1 aliphatic heterocycles. The first-order valence-corrected chi connectivity index (χ1v) is 8.92. The molecule has 4 nitrogen and oxygen atoms in total. The van der Waals surface area contributed by atoms with E-state index in [0.29, 0.717) is 24.6 Å². The minimum atomic E-state index is -0.231. The molecule has 2 atom stereocenters. The van der Waals surface area contributed by atoms with Crippen molar-refractivity contribution in [2.45, 2.75) is 38.8 Å². The van der Waals surface area contributed by atoms with E-state index < -0.39 is 0 Å². The Morgan fingerprint density at radius 3 is 3.04 bits per heavy atom. The fourth-order valence-corrected chi connectivity index (χ4v) is 4.25. The lowest BCUT2D eigenvalue weighted by Crippen LogP contribution is -2.47. The van der Waals surface area contributed by atoms with Gasteiger partial charge in [0.2, 0.25) is 5.91 Å². The Morgan fingerprint density at radius 1 is 1.42 bits per heavy atom. The van der Waals surface area contributed by atoms with Crippen molar-refractivity contribution in [1.29, 1.82) is 0 Å². The van der Waals surface area contributed by atoms with Crippen molar-refractivity contribution in [1.82, 2.24) is 15.5 Å². The van der Waals surface area contributed by atoms with Gasteiger partial charge in [-0.3, -0.25) is 4.79 Å². The largest absolute Gasteiger partial charge is 0.351 e. The van der Waals surface area contributed by atoms with E-state index in [1.54, 1.807) is 6.07 Å². The van der Waals surface area contributed by atoms with Crippen LogP contribution in [0.3, 0.4) is 0 Å². The van der Waals surface area contributed by atoms with Crippen LogP contribution in [0.15, 0.2) is 18.2 Å². The number of nitrogens with zero attached hydrogens (tertiary/aromatic N) is 1. The third-order valence-electron chi connectivity index (χ3n) is 5.54. The first-order valence-electron chi connectivity index (χ1n) is 8.92. The number of carbonyl (C=O) groups excluding carboxylic acids is 1. The molecule has 1 aliphatic carbocycles. The molecule has 132 valence electrons. The Bertz CT molecular complexity index is 604. The maximum atomic E-state index is 13.9. The Labute approximate surface area is 143 Å². The van der Waals surface area contributed by atoms with Crippen LogP contribution in [0, 0.1) is 17.2 Å². The van der Waals surface area contributed by atoms with Gasteiger partial charge in [0.25, 0.3) is 0 Å². The molecule has 1 saturated carbocycles. The van der Waals surface area contributed by atoms with Crippen molar-refractivity contribution in [2.75, 3.05) is 27.2 Å². The Hall–Kier alpha value is -1.46. The summed E-state index contributed by atoms with van der Waals surface area (Å²) < 4.78 is 13.9. The van der Waals surface area contributed by atoms with Gasteiger partial charge in [0.1, 0.15) is 5.82 Å². The molecule has 2 N–H and O–H groups in total. The van der Waals surface area contributed by atoms with Gasteiger partial charge in [-0.15, -0.1) is 0 Å². The molecule has 2 aliphatic rings. The number of halogens is 1. The molecule has 1 heterocycles. The zero-order valence-corrected chi connectivity index (χ0v) is 14.7. The quantitative estimate of drug-likeness (QED) is 0.869. The lowest BCUT2D eigenvalue weighted by atomic mass is 9.67. The fraction of sp³-hybridized carbons (Fsp3) is 0.632. The smallest absolute Gasteiger partial charge is 0.228 e. The van der Waals surface area contributed by atoms with Crippen molar-refractivity contribution in [3.63, 3.8) is 0 Å². The minimum Gasteiger partial charge on any atom is -0.351 e. The third-order valence-corrected chi connectivity index (χ3v) is 5.54. The van der Waals surface area contributed by atoms with E-state index in [2.05, 4.69) is 10.6 Å².